The average Bonchev–Trinajstić information content (AvgIpc) is 2.26. The largest absolute Gasteiger partial charge is 0.357 e. The van der Waals surface area contributed by atoms with E-state index < -0.39 is 0 Å². The van der Waals surface area contributed by atoms with Gasteiger partial charge in [-0.25, -0.2) is 0 Å². The second kappa shape index (κ2) is 4.29. The molecule has 2 rings (SSSR count). The highest BCUT2D eigenvalue weighted by atomic mass is 79.9. The second-order valence-electron chi connectivity index (χ2n) is 3.75. The Bertz CT molecular complexity index is 445. The third-order valence-electron chi connectivity index (χ3n) is 2.69. The zero-order valence-corrected chi connectivity index (χ0v) is 10.7. The molecular formula is C12H13BrN2O. The van der Waals surface area contributed by atoms with Crippen LogP contribution >= 0.6 is 15.9 Å². The van der Waals surface area contributed by atoms with E-state index in [-0.39, 0.29) is 5.91 Å². The smallest absolute Gasteiger partial charge is 0.246 e. The van der Waals surface area contributed by atoms with Gasteiger partial charge in [0.1, 0.15) is 0 Å². The molecular weight excluding hydrogens is 268 g/mol. The number of benzene rings is 1. The number of nitrogens with zero attached hydrogens (tertiary/aromatic N) is 2. The monoisotopic (exact) mass is 280 g/mol. The summed E-state index contributed by atoms with van der Waals surface area (Å²) in [5.74, 6) is 0.104. The standard InChI is InChI=1S/C12H13BrN2O/c1-3-6-15-8-12(16)14(2)11-7-9(13)4-5-10(11)15/h3-5,7H,1,6,8H2,2H3. The molecule has 1 aliphatic heterocycles. The first-order valence-corrected chi connectivity index (χ1v) is 5.84. The Hall–Kier alpha value is -1.29. The third-order valence-corrected chi connectivity index (χ3v) is 3.18. The topological polar surface area (TPSA) is 23.6 Å². The van der Waals surface area contributed by atoms with Gasteiger partial charge in [0.2, 0.25) is 5.91 Å². The van der Waals surface area contributed by atoms with Crippen LogP contribution in [0.15, 0.2) is 35.3 Å². The third kappa shape index (κ3) is 1.85. The van der Waals surface area contributed by atoms with Crippen LogP contribution in [0.2, 0.25) is 0 Å². The number of likely N-dealkylation sites (N-methyl/N-ethyl adjacent to an activating group) is 1. The zero-order chi connectivity index (χ0) is 11.7. The summed E-state index contributed by atoms with van der Waals surface area (Å²) in [6.45, 7) is 4.82. The average molecular weight is 281 g/mol. The van der Waals surface area contributed by atoms with Gasteiger partial charge in [-0.1, -0.05) is 22.0 Å². The summed E-state index contributed by atoms with van der Waals surface area (Å²) in [6, 6.07) is 5.97. The fourth-order valence-corrected chi connectivity index (χ4v) is 2.19. The van der Waals surface area contributed by atoms with Crippen molar-refractivity contribution < 1.29 is 4.79 Å². The number of fused-ring (bicyclic) bond motifs is 1. The molecule has 84 valence electrons. The van der Waals surface area contributed by atoms with Crippen molar-refractivity contribution in [3.63, 3.8) is 0 Å². The van der Waals surface area contributed by atoms with Crippen LogP contribution in [-0.4, -0.2) is 26.0 Å². The summed E-state index contributed by atoms with van der Waals surface area (Å²) in [4.78, 5) is 15.5. The fourth-order valence-electron chi connectivity index (χ4n) is 1.84. The van der Waals surface area contributed by atoms with E-state index in [2.05, 4.69) is 22.5 Å². The first kappa shape index (κ1) is 11.2. The first-order valence-electron chi connectivity index (χ1n) is 5.05. The summed E-state index contributed by atoms with van der Waals surface area (Å²) >= 11 is 3.42. The Balaban J connectivity index is 2.49. The van der Waals surface area contributed by atoms with Crippen molar-refractivity contribution in [2.24, 2.45) is 0 Å². The fraction of sp³-hybridized carbons (Fsp3) is 0.250. The number of halogens is 1. The normalized spacial score (nSPS) is 15.0. The second-order valence-corrected chi connectivity index (χ2v) is 4.67. The van der Waals surface area contributed by atoms with Gasteiger partial charge in [0, 0.05) is 18.1 Å². The molecule has 1 amide bonds. The van der Waals surface area contributed by atoms with Crippen molar-refractivity contribution in [3.8, 4) is 0 Å². The SMILES string of the molecule is C=CCN1CC(=O)N(C)c2cc(Br)ccc21. The quantitative estimate of drug-likeness (QED) is 0.777. The highest BCUT2D eigenvalue weighted by molar-refractivity contribution is 9.10. The van der Waals surface area contributed by atoms with Gasteiger partial charge in [-0.15, -0.1) is 6.58 Å². The molecule has 0 unspecified atom stereocenters. The maximum Gasteiger partial charge on any atom is 0.246 e. The molecule has 16 heavy (non-hydrogen) atoms. The molecule has 4 heteroatoms. The molecule has 0 aliphatic carbocycles. The van der Waals surface area contributed by atoms with E-state index in [1.54, 1.807) is 11.9 Å². The molecule has 0 saturated heterocycles. The molecule has 0 N–H and O–H groups in total. The van der Waals surface area contributed by atoms with Gasteiger partial charge in [0.05, 0.1) is 17.9 Å². The minimum atomic E-state index is 0.104. The highest BCUT2D eigenvalue weighted by Crippen LogP contribution is 2.34. The predicted molar refractivity (Wildman–Crippen MR) is 70.0 cm³/mol. The molecule has 1 heterocycles. The maximum absolute atomic E-state index is 11.8. The van der Waals surface area contributed by atoms with Crippen molar-refractivity contribution in [2.45, 2.75) is 0 Å². The van der Waals surface area contributed by atoms with Crippen molar-refractivity contribution in [1.29, 1.82) is 0 Å². The summed E-state index contributed by atoms with van der Waals surface area (Å²) in [5, 5.41) is 0. The van der Waals surface area contributed by atoms with Crippen LogP contribution in [0, 0.1) is 0 Å². The number of carbonyl (C=O) groups is 1. The molecule has 0 atom stereocenters. The molecule has 0 radical (unpaired) electrons. The summed E-state index contributed by atoms with van der Waals surface area (Å²) in [6.07, 6.45) is 1.81. The van der Waals surface area contributed by atoms with Crippen LogP contribution in [0.1, 0.15) is 0 Å². The van der Waals surface area contributed by atoms with Crippen LogP contribution in [0.4, 0.5) is 11.4 Å². The van der Waals surface area contributed by atoms with Gasteiger partial charge in [-0.05, 0) is 18.2 Å². The number of hydrogen-bond acceptors (Lipinski definition) is 2. The van der Waals surface area contributed by atoms with Crippen molar-refractivity contribution in [3.05, 3.63) is 35.3 Å². The van der Waals surface area contributed by atoms with Crippen molar-refractivity contribution >= 4 is 33.2 Å². The van der Waals surface area contributed by atoms with E-state index in [0.29, 0.717) is 13.1 Å². The molecule has 1 aliphatic rings. The van der Waals surface area contributed by atoms with E-state index >= 15 is 0 Å². The zero-order valence-electron chi connectivity index (χ0n) is 9.11. The highest BCUT2D eigenvalue weighted by Gasteiger charge is 2.25. The van der Waals surface area contributed by atoms with Crippen LogP contribution in [0.3, 0.4) is 0 Å². The minimum Gasteiger partial charge on any atom is -0.357 e. The summed E-state index contributed by atoms with van der Waals surface area (Å²) in [5.41, 5.74) is 2.01. The van der Waals surface area contributed by atoms with Gasteiger partial charge < -0.3 is 9.80 Å². The van der Waals surface area contributed by atoms with Gasteiger partial charge in [0.15, 0.2) is 0 Å². The number of anilines is 2. The Morgan fingerprint density at radius 1 is 1.50 bits per heavy atom. The van der Waals surface area contributed by atoms with E-state index in [1.165, 1.54) is 0 Å². The Morgan fingerprint density at radius 3 is 2.94 bits per heavy atom. The predicted octanol–water partition coefficient (Wildman–Crippen LogP) is 2.42. The van der Waals surface area contributed by atoms with Gasteiger partial charge in [0.25, 0.3) is 0 Å². The molecule has 0 saturated carbocycles. The summed E-state index contributed by atoms with van der Waals surface area (Å²) < 4.78 is 0.978. The number of carbonyl (C=O) groups excluding carboxylic acids is 1. The van der Waals surface area contributed by atoms with Crippen molar-refractivity contribution in [2.75, 3.05) is 29.9 Å². The van der Waals surface area contributed by atoms with Crippen LogP contribution in [0.25, 0.3) is 0 Å². The van der Waals surface area contributed by atoms with Gasteiger partial charge in [-0.2, -0.15) is 0 Å². The number of hydrogen-bond donors (Lipinski definition) is 0. The van der Waals surface area contributed by atoms with Crippen LogP contribution in [-0.2, 0) is 4.79 Å². The van der Waals surface area contributed by atoms with Crippen molar-refractivity contribution in [1.82, 2.24) is 0 Å². The number of rotatable bonds is 2. The Labute approximate surface area is 103 Å². The molecule has 3 nitrogen and oxygen atoms in total. The number of amides is 1. The molecule has 1 aromatic rings. The van der Waals surface area contributed by atoms with Gasteiger partial charge >= 0.3 is 0 Å². The lowest BCUT2D eigenvalue weighted by molar-refractivity contribution is -0.117. The first-order chi connectivity index (χ1) is 7.63. The molecule has 1 aromatic carbocycles. The van der Waals surface area contributed by atoms with E-state index in [9.17, 15) is 4.79 Å². The Kier molecular flexibility index (Phi) is 3.01. The van der Waals surface area contributed by atoms with E-state index in [1.807, 2.05) is 29.2 Å². The Morgan fingerprint density at radius 2 is 2.25 bits per heavy atom. The van der Waals surface area contributed by atoms with Gasteiger partial charge in [-0.3, -0.25) is 4.79 Å². The molecule has 0 fully saturated rings. The van der Waals surface area contributed by atoms with E-state index in [0.717, 1.165) is 15.8 Å². The lowest BCUT2D eigenvalue weighted by atomic mass is 10.1. The lowest BCUT2D eigenvalue weighted by Gasteiger charge is -2.35. The van der Waals surface area contributed by atoms with Crippen LogP contribution in [0.5, 0.6) is 0 Å². The minimum absolute atomic E-state index is 0.104. The van der Waals surface area contributed by atoms with Crippen LogP contribution < -0.4 is 9.80 Å². The summed E-state index contributed by atoms with van der Waals surface area (Å²) in [7, 11) is 1.80. The lowest BCUT2D eigenvalue weighted by Crippen LogP contribution is -2.43. The molecule has 0 spiro atoms. The van der Waals surface area contributed by atoms with E-state index in [4.69, 9.17) is 0 Å². The maximum atomic E-state index is 11.8. The molecule has 0 bridgehead atoms. The molecule has 0 aromatic heterocycles.